The Labute approximate surface area is 242 Å². The summed E-state index contributed by atoms with van der Waals surface area (Å²) in [5.74, 6) is -2.45. The van der Waals surface area contributed by atoms with Crippen LogP contribution in [0.1, 0.15) is 50.7 Å². The van der Waals surface area contributed by atoms with Crippen LogP contribution < -0.4 is 15.8 Å². The number of nitrogens with two attached hydrogens (primary N) is 1. The second-order valence-corrected chi connectivity index (χ2v) is 11.3. The van der Waals surface area contributed by atoms with Crippen molar-refractivity contribution in [2.75, 3.05) is 18.5 Å². The van der Waals surface area contributed by atoms with Crippen LogP contribution in [0.5, 0.6) is 5.75 Å². The van der Waals surface area contributed by atoms with Crippen molar-refractivity contribution in [3.05, 3.63) is 80.9 Å². The molecule has 8 nitrogen and oxygen atoms in total. The maximum Gasteiger partial charge on any atom is 0.416 e. The summed E-state index contributed by atoms with van der Waals surface area (Å²) in [6.07, 6.45) is -3.98. The van der Waals surface area contributed by atoms with Crippen molar-refractivity contribution in [1.82, 2.24) is 0 Å². The number of amides is 1. The second kappa shape index (κ2) is 11.6. The highest BCUT2D eigenvalue weighted by molar-refractivity contribution is 9.10. The van der Waals surface area contributed by atoms with Gasteiger partial charge in [-0.15, -0.1) is 0 Å². The Kier molecular flexibility index (Phi) is 8.53. The molecule has 1 heterocycles. The average Bonchev–Trinajstić information content (AvgIpc) is 2.86. The summed E-state index contributed by atoms with van der Waals surface area (Å²) in [7, 11) is 0. The van der Waals surface area contributed by atoms with Crippen molar-refractivity contribution in [1.29, 1.82) is 0 Å². The number of halogens is 4. The molecule has 2 aliphatic rings. The van der Waals surface area contributed by atoms with Crippen molar-refractivity contribution in [2.45, 2.75) is 45.7 Å². The highest BCUT2D eigenvalue weighted by atomic mass is 79.9. The first-order chi connectivity index (χ1) is 19.2. The van der Waals surface area contributed by atoms with Gasteiger partial charge in [0.05, 0.1) is 18.1 Å². The molecule has 4 rings (SSSR count). The molecule has 0 bridgehead atoms. The molecule has 2 aromatic carbocycles. The normalized spacial score (nSPS) is 18.4. The van der Waals surface area contributed by atoms with E-state index in [4.69, 9.17) is 19.9 Å². The molecule has 1 aliphatic heterocycles. The summed E-state index contributed by atoms with van der Waals surface area (Å²) in [5, 5.41) is 2.39. The minimum Gasteiger partial charge on any atom is -0.483 e. The lowest BCUT2D eigenvalue weighted by Gasteiger charge is -2.38. The van der Waals surface area contributed by atoms with Gasteiger partial charge in [0.25, 0.3) is 5.91 Å². The molecular formula is C29H28BrF3N2O6. The number of carbonyl (C=O) groups excluding carboxylic acids is 3. The van der Waals surface area contributed by atoms with Gasteiger partial charge in [-0.25, -0.2) is 4.79 Å². The Hall–Kier alpha value is -3.80. The van der Waals surface area contributed by atoms with E-state index in [0.717, 1.165) is 12.1 Å². The first-order valence-electron chi connectivity index (χ1n) is 12.7. The molecule has 1 amide bonds. The minimum absolute atomic E-state index is 0.0484. The van der Waals surface area contributed by atoms with Crippen LogP contribution in [0, 0.1) is 5.41 Å². The fourth-order valence-corrected chi connectivity index (χ4v) is 5.27. The molecule has 2 aromatic rings. The smallest absolute Gasteiger partial charge is 0.416 e. The SMILES string of the molecule is CCOC(=O)C1=C(N)OC2=C(C(=O)CC(C)(C)C2)C1c1cc(Br)ccc1OCC(=O)Nc1cccc(C(F)(F)F)c1. The number of esters is 1. The molecule has 218 valence electrons. The summed E-state index contributed by atoms with van der Waals surface area (Å²) in [6, 6.07) is 9.03. The molecule has 1 aliphatic carbocycles. The molecule has 0 spiro atoms. The van der Waals surface area contributed by atoms with Crippen LogP contribution in [-0.4, -0.2) is 30.9 Å². The van der Waals surface area contributed by atoms with Gasteiger partial charge >= 0.3 is 12.1 Å². The van der Waals surface area contributed by atoms with Crippen molar-refractivity contribution in [3.8, 4) is 5.75 Å². The molecule has 1 atom stereocenters. The van der Waals surface area contributed by atoms with E-state index in [9.17, 15) is 27.6 Å². The molecule has 1 unspecified atom stereocenters. The Morgan fingerprint density at radius 3 is 2.59 bits per heavy atom. The molecule has 0 radical (unpaired) electrons. The number of carbonyl (C=O) groups is 3. The lowest BCUT2D eigenvalue weighted by Crippen LogP contribution is -2.36. The molecule has 3 N–H and O–H groups in total. The van der Waals surface area contributed by atoms with Gasteiger partial charge in [0.1, 0.15) is 17.1 Å². The molecule has 12 heteroatoms. The maximum atomic E-state index is 13.5. The van der Waals surface area contributed by atoms with E-state index in [1.807, 2.05) is 13.8 Å². The molecular weight excluding hydrogens is 609 g/mol. The highest BCUT2D eigenvalue weighted by Gasteiger charge is 2.46. The predicted octanol–water partition coefficient (Wildman–Crippen LogP) is 5.98. The molecule has 41 heavy (non-hydrogen) atoms. The first kappa shape index (κ1) is 30.2. The Bertz CT molecular complexity index is 1460. The van der Waals surface area contributed by atoms with Gasteiger partial charge < -0.3 is 25.3 Å². The molecule has 0 saturated carbocycles. The van der Waals surface area contributed by atoms with E-state index in [1.54, 1.807) is 25.1 Å². The number of hydrogen-bond donors (Lipinski definition) is 2. The van der Waals surface area contributed by atoms with Crippen molar-refractivity contribution in [3.63, 3.8) is 0 Å². The quantitative estimate of drug-likeness (QED) is 0.359. The van der Waals surface area contributed by atoms with Crippen LogP contribution in [0.15, 0.2) is 69.7 Å². The van der Waals surface area contributed by atoms with Crippen LogP contribution in [0.25, 0.3) is 0 Å². The molecule has 0 fully saturated rings. The van der Waals surface area contributed by atoms with Crippen LogP contribution in [0.2, 0.25) is 0 Å². The number of rotatable bonds is 7. The van der Waals surface area contributed by atoms with E-state index in [-0.39, 0.29) is 47.3 Å². The number of ketones is 1. The van der Waals surface area contributed by atoms with E-state index >= 15 is 0 Å². The fraction of sp³-hybridized carbons (Fsp3) is 0.345. The van der Waals surface area contributed by atoms with Gasteiger partial charge in [-0.1, -0.05) is 35.8 Å². The van der Waals surface area contributed by atoms with Gasteiger partial charge in [0.2, 0.25) is 5.88 Å². The Balaban J connectivity index is 1.69. The van der Waals surface area contributed by atoms with E-state index in [0.29, 0.717) is 22.2 Å². The topological polar surface area (TPSA) is 117 Å². The zero-order valence-corrected chi connectivity index (χ0v) is 24.1. The summed E-state index contributed by atoms with van der Waals surface area (Å²) in [6.45, 7) is 4.94. The lowest BCUT2D eigenvalue weighted by molar-refractivity contribution is -0.139. The lowest BCUT2D eigenvalue weighted by atomic mass is 9.70. The van der Waals surface area contributed by atoms with Crippen molar-refractivity contribution in [2.24, 2.45) is 11.1 Å². The third-order valence-corrected chi connectivity index (χ3v) is 7.06. The number of Topliss-reactive ketones (excluding diaryl/α,β-unsaturated/α-hetero) is 1. The second-order valence-electron chi connectivity index (χ2n) is 10.4. The van der Waals surface area contributed by atoms with Crippen LogP contribution in [-0.2, 0) is 30.0 Å². The van der Waals surface area contributed by atoms with Crippen LogP contribution in [0.3, 0.4) is 0 Å². The summed E-state index contributed by atoms with van der Waals surface area (Å²) in [5.41, 5.74) is 5.39. The largest absolute Gasteiger partial charge is 0.483 e. The predicted molar refractivity (Wildman–Crippen MR) is 146 cm³/mol. The van der Waals surface area contributed by atoms with Gasteiger partial charge in [-0.2, -0.15) is 13.2 Å². The summed E-state index contributed by atoms with van der Waals surface area (Å²) in [4.78, 5) is 39.2. The number of ether oxygens (including phenoxy) is 3. The summed E-state index contributed by atoms with van der Waals surface area (Å²) >= 11 is 3.41. The summed E-state index contributed by atoms with van der Waals surface area (Å²) < 4.78 is 56.6. The van der Waals surface area contributed by atoms with E-state index in [2.05, 4.69) is 21.2 Å². The van der Waals surface area contributed by atoms with Gasteiger partial charge in [0.15, 0.2) is 12.4 Å². The van der Waals surface area contributed by atoms with Crippen LogP contribution >= 0.6 is 15.9 Å². The standard InChI is InChI=1S/C29H28BrF3N2O6/c1-4-39-27(38)25-23(24-19(36)12-28(2,3)13-21(24)41-26(25)34)18-11-16(30)8-9-20(18)40-14-22(37)35-17-7-5-6-15(10-17)29(31,32)33/h5-11,23H,4,12-14,34H2,1-3H3,(H,35,37). The zero-order chi connectivity index (χ0) is 30.1. The van der Waals surface area contributed by atoms with Gasteiger partial charge in [0, 0.05) is 34.1 Å². The van der Waals surface area contributed by atoms with Gasteiger partial charge in [-0.05, 0) is 48.7 Å². The number of alkyl halides is 3. The minimum atomic E-state index is -4.57. The number of benzene rings is 2. The maximum absolute atomic E-state index is 13.5. The third-order valence-electron chi connectivity index (χ3n) is 6.57. The van der Waals surface area contributed by atoms with Crippen molar-refractivity contribution < 1.29 is 41.8 Å². The molecule has 0 aromatic heterocycles. The van der Waals surface area contributed by atoms with Crippen molar-refractivity contribution >= 4 is 39.3 Å². The first-order valence-corrected chi connectivity index (χ1v) is 13.5. The molecule has 0 saturated heterocycles. The number of hydrogen-bond acceptors (Lipinski definition) is 7. The number of nitrogens with one attached hydrogen (secondary N) is 1. The Morgan fingerprint density at radius 2 is 1.90 bits per heavy atom. The fourth-order valence-electron chi connectivity index (χ4n) is 4.89. The number of anilines is 1. The van der Waals surface area contributed by atoms with Gasteiger partial charge in [-0.3, -0.25) is 9.59 Å². The third kappa shape index (κ3) is 6.75. The average molecular weight is 637 g/mol. The monoisotopic (exact) mass is 636 g/mol. The van der Waals surface area contributed by atoms with E-state index < -0.39 is 41.6 Å². The van der Waals surface area contributed by atoms with E-state index in [1.165, 1.54) is 12.1 Å². The number of allylic oxidation sites excluding steroid dienone is 2. The zero-order valence-electron chi connectivity index (χ0n) is 22.5. The highest BCUT2D eigenvalue weighted by Crippen LogP contribution is 2.50. The van der Waals surface area contributed by atoms with Crippen LogP contribution in [0.4, 0.5) is 18.9 Å². The Morgan fingerprint density at radius 1 is 1.17 bits per heavy atom.